The van der Waals surface area contributed by atoms with Crippen LogP contribution in [0.25, 0.3) is 0 Å². The van der Waals surface area contributed by atoms with Gasteiger partial charge in [0.05, 0.1) is 11.8 Å². The Morgan fingerprint density at radius 1 is 1.73 bits per heavy atom. The summed E-state index contributed by atoms with van der Waals surface area (Å²) >= 11 is 0. The highest BCUT2D eigenvalue weighted by molar-refractivity contribution is 5.82. The first-order chi connectivity index (χ1) is 5.42. The molecule has 0 radical (unpaired) electrons. The minimum atomic E-state index is 0.657. The van der Waals surface area contributed by atoms with Gasteiger partial charge in [0.1, 0.15) is 5.82 Å². The molecule has 1 aromatic rings. The van der Waals surface area contributed by atoms with Gasteiger partial charge in [-0.2, -0.15) is 5.10 Å². The molecule has 1 aliphatic rings. The van der Waals surface area contributed by atoms with Crippen LogP contribution in [0.5, 0.6) is 0 Å². The normalized spacial score (nSPS) is 15.3. The van der Waals surface area contributed by atoms with Crippen LogP contribution in [-0.2, 0) is 6.54 Å². The highest BCUT2D eigenvalue weighted by Gasteiger charge is 2.12. The van der Waals surface area contributed by atoms with E-state index < -0.39 is 0 Å². The van der Waals surface area contributed by atoms with Crippen molar-refractivity contribution >= 4 is 12.1 Å². The average molecular weight is 151 g/mol. The van der Waals surface area contributed by atoms with Crippen LogP contribution in [0.1, 0.15) is 16.8 Å². The Morgan fingerprint density at radius 3 is 3.45 bits per heavy atom. The van der Waals surface area contributed by atoms with Crippen LogP contribution >= 0.6 is 0 Å². The summed E-state index contributed by atoms with van der Waals surface area (Å²) in [6.07, 6.45) is 3.50. The van der Waals surface area contributed by atoms with Gasteiger partial charge in [-0.25, -0.2) is 4.68 Å². The second-order valence-corrected chi connectivity index (χ2v) is 2.57. The summed E-state index contributed by atoms with van der Waals surface area (Å²) in [7, 11) is 0. The molecule has 4 nitrogen and oxygen atoms in total. The third-order valence-electron chi connectivity index (χ3n) is 1.83. The molecular formula is C7H9N3O. The van der Waals surface area contributed by atoms with Gasteiger partial charge in [0.2, 0.25) is 0 Å². The third-order valence-corrected chi connectivity index (χ3v) is 1.83. The van der Waals surface area contributed by atoms with E-state index in [1.807, 2.05) is 4.68 Å². The number of nitrogens with zero attached hydrogens (tertiary/aromatic N) is 2. The van der Waals surface area contributed by atoms with Crippen molar-refractivity contribution in [2.75, 3.05) is 11.9 Å². The van der Waals surface area contributed by atoms with Gasteiger partial charge in [-0.3, -0.25) is 4.79 Å². The van der Waals surface area contributed by atoms with Gasteiger partial charge < -0.3 is 5.32 Å². The van der Waals surface area contributed by atoms with E-state index >= 15 is 0 Å². The molecule has 58 valence electrons. The van der Waals surface area contributed by atoms with E-state index in [2.05, 4.69) is 10.4 Å². The first-order valence-electron chi connectivity index (χ1n) is 3.66. The molecule has 2 rings (SSSR count). The molecule has 2 heterocycles. The molecule has 0 saturated heterocycles. The van der Waals surface area contributed by atoms with E-state index in [4.69, 9.17) is 0 Å². The number of carbonyl (C=O) groups excluding carboxylic acids is 1. The number of carbonyl (C=O) groups is 1. The molecule has 0 aromatic carbocycles. The molecule has 0 aliphatic carbocycles. The number of fused-ring (bicyclic) bond motifs is 1. The van der Waals surface area contributed by atoms with Crippen LogP contribution < -0.4 is 5.32 Å². The number of aldehydes is 1. The Labute approximate surface area is 64.2 Å². The molecule has 0 unspecified atom stereocenters. The smallest absolute Gasteiger partial charge is 0.155 e. The molecule has 0 spiro atoms. The average Bonchev–Trinajstić information content (AvgIpc) is 2.47. The Kier molecular flexibility index (Phi) is 1.38. The predicted molar refractivity (Wildman–Crippen MR) is 40.7 cm³/mol. The lowest BCUT2D eigenvalue weighted by Crippen LogP contribution is -2.18. The Balaban J connectivity index is 2.45. The first kappa shape index (κ1) is 6.39. The fraction of sp³-hybridized carbons (Fsp3) is 0.429. The van der Waals surface area contributed by atoms with E-state index in [0.717, 1.165) is 31.6 Å². The minimum Gasteiger partial charge on any atom is -0.370 e. The number of hydrogen-bond donors (Lipinski definition) is 1. The van der Waals surface area contributed by atoms with E-state index in [0.29, 0.717) is 5.56 Å². The summed E-state index contributed by atoms with van der Waals surface area (Å²) < 4.78 is 1.83. The molecule has 0 amide bonds. The van der Waals surface area contributed by atoms with E-state index in [1.165, 1.54) is 0 Å². The molecule has 0 bridgehead atoms. The van der Waals surface area contributed by atoms with Gasteiger partial charge in [0.15, 0.2) is 6.29 Å². The summed E-state index contributed by atoms with van der Waals surface area (Å²) in [5.74, 6) is 0.867. The SMILES string of the molecule is O=Cc1cnn2c1NCCC2. The number of hydrogen-bond acceptors (Lipinski definition) is 3. The highest BCUT2D eigenvalue weighted by atomic mass is 16.1. The second-order valence-electron chi connectivity index (χ2n) is 2.57. The molecular weight excluding hydrogens is 142 g/mol. The van der Waals surface area contributed by atoms with Crippen molar-refractivity contribution < 1.29 is 4.79 Å². The van der Waals surface area contributed by atoms with Crippen molar-refractivity contribution in [1.82, 2.24) is 9.78 Å². The fourth-order valence-electron chi connectivity index (χ4n) is 1.28. The fourth-order valence-corrected chi connectivity index (χ4v) is 1.28. The number of nitrogens with one attached hydrogen (secondary N) is 1. The van der Waals surface area contributed by atoms with Gasteiger partial charge in [0.25, 0.3) is 0 Å². The van der Waals surface area contributed by atoms with Crippen molar-refractivity contribution in [2.24, 2.45) is 0 Å². The molecule has 1 aromatic heterocycles. The Morgan fingerprint density at radius 2 is 2.64 bits per heavy atom. The van der Waals surface area contributed by atoms with Crippen molar-refractivity contribution in [3.63, 3.8) is 0 Å². The van der Waals surface area contributed by atoms with Gasteiger partial charge in [0, 0.05) is 13.1 Å². The van der Waals surface area contributed by atoms with E-state index in [-0.39, 0.29) is 0 Å². The number of aromatic nitrogens is 2. The Bertz CT molecular complexity index is 279. The zero-order chi connectivity index (χ0) is 7.68. The first-order valence-corrected chi connectivity index (χ1v) is 3.66. The predicted octanol–water partition coefficient (Wildman–Crippen LogP) is 0.511. The largest absolute Gasteiger partial charge is 0.370 e. The minimum absolute atomic E-state index is 0.657. The number of rotatable bonds is 1. The maximum atomic E-state index is 10.4. The van der Waals surface area contributed by atoms with Crippen LogP contribution in [0.2, 0.25) is 0 Å². The molecule has 11 heavy (non-hydrogen) atoms. The molecule has 0 fully saturated rings. The third kappa shape index (κ3) is 0.906. The highest BCUT2D eigenvalue weighted by Crippen LogP contribution is 2.16. The zero-order valence-corrected chi connectivity index (χ0v) is 6.08. The Hall–Kier alpha value is -1.32. The second kappa shape index (κ2) is 2.38. The summed E-state index contributed by atoms with van der Waals surface area (Å²) in [4.78, 5) is 10.4. The van der Waals surface area contributed by atoms with Crippen LogP contribution in [0, 0.1) is 0 Å². The van der Waals surface area contributed by atoms with Gasteiger partial charge in [-0.1, -0.05) is 0 Å². The van der Waals surface area contributed by atoms with Crippen molar-refractivity contribution in [3.8, 4) is 0 Å². The van der Waals surface area contributed by atoms with E-state index in [9.17, 15) is 4.79 Å². The maximum absolute atomic E-state index is 10.4. The summed E-state index contributed by atoms with van der Waals surface area (Å²) in [6.45, 7) is 1.85. The van der Waals surface area contributed by atoms with Crippen LogP contribution in [0.3, 0.4) is 0 Å². The zero-order valence-electron chi connectivity index (χ0n) is 6.08. The summed E-state index contributed by atoms with van der Waals surface area (Å²) in [5.41, 5.74) is 0.657. The monoisotopic (exact) mass is 151 g/mol. The summed E-state index contributed by atoms with van der Waals surface area (Å²) in [6, 6.07) is 0. The quantitative estimate of drug-likeness (QED) is 0.595. The molecule has 0 saturated carbocycles. The number of anilines is 1. The topological polar surface area (TPSA) is 46.9 Å². The molecule has 1 aliphatic heterocycles. The van der Waals surface area contributed by atoms with Crippen molar-refractivity contribution in [2.45, 2.75) is 13.0 Å². The van der Waals surface area contributed by atoms with E-state index in [1.54, 1.807) is 6.20 Å². The summed E-state index contributed by atoms with van der Waals surface area (Å²) in [5, 5.41) is 7.18. The van der Waals surface area contributed by atoms with Gasteiger partial charge in [-0.15, -0.1) is 0 Å². The van der Waals surface area contributed by atoms with Crippen molar-refractivity contribution in [3.05, 3.63) is 11.8 Å². The van der Waals surface area contributed by atoms with Gasteiger partial charge in [-0.05, 0) is 6.42 Å². The lowest BCUT2D eigenvalue weighted by molar-refractivity contribution is 0.112. The van der Waals surface area contributed by atoms with Crippen molar-refractivity contribution in [1.29, 1.82) is 0 Å². The van der Waals surface area contributed by atoms with Crippen LogP contribution in [0.15, 0.2) is 6.20 Å². The van der Waals surface area contributed by atoms with Crippen LogP contribution in [0.4, 0.5) is 5.82 Å². The maximum Gasteiger partial charge on any atom is 0.155 e. The number of aryl methyl sites for hydroxylation is 1. The lowest BCUT2D eigenvalue weighted by Gasteiger charge is -2.15. The molecule has 0 atom stereocenters. The standard InChI is InChI=1S/C7H9N3O/c11-5-6-4-9-10-3-1-2-8-7(6)10/h4-5,8H,1-3H2. The van der Waals surface area contributed by atoms with Crippen LogP contribution in [-0.4, -0.2) is 22.6 Å². The lowest BCUT2D eigenvalue weighted by atomic mass is 10.3. The molecule has 1 N–H and O–H groups in total. The van der Waals surface area contributed by atoms with Gasteiger partial charge >= 0.3 is 0 Å². The molecule has 4 heteroatoms.